The summed E-state index contributed by atoms with van der Waals surface area (Å²) in [6.45, 7) is 0. The molecule has 2 aromatic rings. The Morgan fingerprint density at radius 2 is 1.79 bits per heavy atom. The second-order valence-electron chi connectivity index (χ2n) is 3.80. The van der Waals surface area contributed by atoms with Crippen molar-refractivity contribution in [2.24, 2.45) is 4.99 Å². The average Bonchev–Trinajstić information content (AvgIpc) is 2.39. The molecule has 5 nitrogen and oxygen atoms in total. The zero-order chi connectivity index (χ0) is 13.8. The molecule has 3 N–H and O–H groups in total. The summed E-state index contributed by atoms with van der Waals surface area (Å²) in [5.74, 6) is -1.56. The number of phenols is 2. The SMILES string of the molecule is O=C(O)c1cccc(C=Nc2ccccc2O)c1O. The van der Waals surface area contributed by atoms with Gasteiger partial charge in [0.05, 0.1) is 0 Å². The van der Waals surface area contributed by atoms with Gasteiger partial charge in [-0.3, -0.25) is 4.99 Å². The Labute approximate surface area is 109 Å². The molecule has 0 saturated carbocycles. The van der Waals surface area contributed by atoms with Crippen LogP contribution in [0.15, 0.2) is 47.5 Å². The summed E-state index contributed by atoms with van der Waals surface area (Å²) >= 11 is 0. The van der Waals surface area contributed by atoms with Gasteiger partial charge < -0.3 is 15.3 Å². The third kappa shape index (κ3) is 2.71. The summed E-state index contributed by atoms with van der Waals surface area (Å²) in [5.41, 5.74) is 0.409. The first-order valence-corrected chi connectivity index (χ1v) is 5.47. The zero-order valence-electron chi connectivity index (χ0n) is 9.82. The van der Waals surface area contributed by atoms with Gasteiger partial charge in [-0.05, 0) is 24.3 Å². The maximum absolute atomic E-state index is 10.9. The van der Waals surface area contributed by atoms with Gasteiger partial charge in [0, 0.05) is 11.8 Å². The second kappa shape index (κ2) is 5.22. The van der Waals surface area contributed by atoms with E-state index in [0.717, 1.165) is 0 Å². The predicted molar refractivity (Wildman–Crippen MR) is 70.4 cm³/mol. The average molecular weight is 257 g/mol. The molecule has 5 heteroatoms. The van der Waals surface area contributed by atoms with Gasteiger partial charge in [0.25, 0.3) is 0 Å². The van der Waals surface area contributed by atoms with Crippen LogP contribution < -0.4 is 0 Å². The lowest BCUT2D eigenvalue weighted by molar-refractivity contribution is 0.0693. The van der Waals surface area contributed by atoms with Gasteiger partial charge in [-0.1, -0.05) is 18.2 Å². The monoisotopic (exact) mass is 257 g/mol. The summed E-state index contributed by atoms with van der Waals surface area (Å²) in [6, 6.07) is 10.8. The molecule has 0 aliphatic carbocycles. The van der Waals surface area contributed by atoms with Crippen LogP contribution in [-0.4, -0.2) is 27.5 Å². The van der Waals surface area contributed by atoms with E-state index in [9.17, 15) is 15.0 Å². The Balaban J connectivity index is 2.37. The Hall–Kier alpha value is -2.82. The number of carboxylic acids is 1. The van der Waals surface area contributed by atoms with Gasteiger partial charge in [0.15, 0.2) is 0 Å². The van der Waals surface area contributed by atoms with Gasteiger partial charge in [0.2, 0.25) is 0 Å². The summed E-state index contributed by atoms with van der Waals surface area (Å²) < 4.78 is 0. The van der Waals surface area contributed by atoms with Crippen molar-refractivity contribution in [2.45, 2.75) is 0 Å². The summed E-state index contributed by atoms with van der Waals surface area (Å²) in [4.78, 5) is 14.9. The van der Waals surface area contributed by atoms with E-state index in [2.05, 4.69) is 4.99 Å². The first-order valence-electron chi connectivity index (χ1n) is 5.47. The number of hydrogen-bond donors (Lipinski definition) is 3. The number of aromatic hydroxyl groups is 2. The van der Waals surface area contributed by atoms with Crippen LogP contribution in [0.25, 0.3) is 0 Å². The first kappa shape index (κ1) is 12.6. The van der Waals surface area contributed by atoms with Gasteiger partial charge >= 0.3 is 5.97 Å². The number of aromatic carboxylic acids is 1. The fourth-order valence-corrected chi connectivity index (χ4v) is 1.55. The van der Waals surface area contributed by atoms with Crippen LogP contribution in [0, 0.1) is 0 Å². The van der Waals surface area contributed by atoms with Crippen LogP contribution >= 0.6 is 0 Å². The second-order valence-corrected chi connectivity index (χ2v) is 3.80. The van der Waals surface area contributed by atoms with Crippen molar-refractivity contribution < 1.29 is 20.1 Å². The topological polar surface area (TPSA) is 90.1 Å². The number of nitrogens with zero attached hydrogens (tertiary/aromatic N) is 1. The molecule has 0 bridgehead atoms. The van der Waals surface area contributed by atoms with Crippen molar-refractivity contribution in [1.29, 1.82) is 0 Å². The highest BCUT2D eigenvalue weighted by Gasteiger charge is 2.11. The fraction of sp³-hybridized carbons (Fsp3) is 0. The number of para-hydroxylation sites is 3. The normalized spacial score (nSPS) is 10.7. The van der Waals surface area contributed by atoms with Crippen molar-refractivity contribution in [2.75, 3.05) is 0 Å². The summed E-state index contributed by atoms with van der Waals surface area (Å²) in [5, 5.41) is 28.2. The minimum absolute atomic E-state index is 0.00706. The Morgan fingerprint density at radius 1 is 1.05 bits per heavy atom. The van der Waals surface area contributed by atoms with E-state index < -0.39 is 5.97 Å². The van der Waals surface area contributed by atoms with Gasteiger partial charge in [0.1, 0.15) is 22.7 Å². The van der Waals surface area contributed by atoms with Gasteiger partial charge in [-0.25, -0.2) is 4.79 Å². The standard InChI is InChI=1S/C14H11NO4/c16-12-7-2-1-6-11(12)15-8-9-4-3-5-10(13(9)17)14(18)19/h1-8,16-17H,(H,18,19). The number of benzene rings is 2. The Bertz CT molecular complexity index is 650. The van der Waals surface area contributed by atoms with Crippen molar-refractivity contribution in [1.82, 2.24) is 0 Å². The molecule has 0 aliphatic rings. The van der Waals surface area contributed by atoms with Crippen LogP contribution in [0.4, 0.5) is 5.69 Å². The van der Waals surface area contributed by atoms with Crippen molar-refractivity contribution >= 4 is 17.9 Å². The minimum atomic E-state index is -1.21. The number of carbonyl (C=O) groups is 1. The number of carboxylic acid groups (broad SMARTS) is 1. The third-order valence-electron chi connectivity index (χ3n) is 2.52. The van der Waals surface area contributed by atoms with E-state index >= 15 is 0 Å². The van der Waals surface area contributed by atoms with Crippen molar-refractivity contribution in [3.63, 3.8) is 0 Å². The molecule has 0 saturated heterocycles. The molecule has 0 spiro atoms. The van der Waals surface area contributed by atoms with E-state index in [-0.39, 0.29) is 22.6 Å². The molecule has 19 heavy (non-hydrogen) atoms. The first-order chi connectivity index (χ1) is 9.09. The maximum atomic E-state index is 10.9. The highest BCUT2D eigenvalue weighted by Crippen LogP contribution is 2.26. The third-order valence-corrected chi connectivity index (χ3v) is 2.52. The van der Waals surface area contributed by atoms with Crippen LogP contribution in [0.3, 0.4) is 0 Å². The molecular weight excluding hydrogens is 246 g/mol. The van der Waals surface area contributed by atoms with Gasteiger partial charge in [-0.15, -0.1) is 0 Å². The van der Waals surface area contributed by atoms with Crippen LogP contribution in [0.1, 0.15) is 15.9 Å². The Kier molecular flexibility index (Phi) is 3.47. The largest absolute Gasteiger partial charge is 0.506 e. The Morgan fingerprint density at radius 3 is 2.47 bits per heavy atom. The zero-order valence-corrected chi connectivity index (χ0v) is 9.82. The number of hydrogen-bond acceptors (Lipinski definition) is 4. The number of phenolic OH excluding ortho intramolecular Hbond substituents is 1. The molecule has 2 rings (SSSR count). The molecule has 0 aromatic heterocycles. The van der Waals surface area contributed by atoms with Crippen LogP contribution in [-0.2, 0) is 0 Å². The molecular formula is C14H11NO4. The highest BCUT2D eigenvalue weighted by molar-refractivity contribution is 5.96. The number of aliphatic imine (C=N–C) groups is 1. The lowest BCUT2D eigenvalue weighted by atomic mass is 10.1. The molecule has 0 aliphatic heterocycles. The molecule has 0 radical (unpaired) electrons. The van der Waals surface area contributed by atoms with E-state index in [4.69, 9.17) is 5.11 Å². The van der Waals surface area contributed by atoms with E-state index in [0.29, 0.717) is 5.69 Å². The molecule has 2 aromatic carbocycles. The highest BCUT2D eigenvalue weighted by atomic mass is 16.4. The fourth-order valence-electron chi connectivity index (χ4n) is 1.55. The summed E-state index contributed by atoms with van der Waals surface area (Å²) in [6.07, 6.45) is 1.30. The molecule has 96 valence electrons. The van der Waals surface area contributed by atoms with Crippen molar-refractivity contribution in [3.05, 3.63) is 53.6 Å². The lowest BCUT2D eigenvalue weighted by Gasteiger charge is -2.02. The van der Waals surface area contributed by atoms with E-state index in [1.54, 1.807) is 18.2 Å². The maximum Gasteiger partial charge on any atom is 0.339 e. The molecule has 0 amide bonds. The molecule has 0 unspecified atom stereocenters. The summed E-state index contributed by atoms with van der Waals surface area (Å²) in [7, 11) is 0. The van der Waals surface area contributed by atoms with Crippen LogP contribution in [0.5, 0.6) is 11.5 Å². The molecule has 0 heterocycles. The molecule has 0 fully saturated rings. The molecule has 0 atom stereocenters. The smallest absolute Gasteiger partial charge is 0.339 e. The minimum Gasteiger partial charge on any atom is -0.506 e. The van der Waals surface area contributed by atoms with E-state index in [1.165, 1.54) is 30.5 Å². The van der Waals surface area contributed by atoms with Crippen LogP contribution in [0.2, 0.25) is 0 Å². The number of rotatable bonds is 3. The lowest BCUT2D eigenvalue weighted by Crippen LogP contribution is -1.98. The van der Waals surface area contributed by atoms with E-state index in [1.807, 2.05) is 0 Å². The quantitative estimate of drug-likeness (QED) is 0.737. The van der Waals surface area contributed by atoms with Gasteiger partial charge in [-0.2, -0.15) is 0 Å². The van der Waals surface area contributed by atoms with Crippen molar-refractivity contribution in [3.8, 4) is 11.5 Å². The predicted octanol–water partition coefficient (Wildman–Crippen LogP) is 2.55.